The highest BCUT2D eigenvalue weighted by molar-refractivity contribution is 5.76. The lowest BCUT2D eigenvalue weighted by Crippen LogP contribution is -2.39. The van der Waals surface area contributed by atoms with Crippen LogP contribution in [0.2, 0.25) is 0 Å². The van der Waals surface area contributed by atoms with Crippen LogP contribution in [0.25, 0.3) is 0 Å². The number of benzene rings is 1. The Hall–Kier alpha value is -2.47. The second-order valence-corrected chi connectivity index (χ2v) is 6.47. The van der Waals surface area contributed by atoms with Crippen molar-refractivity contribution in [2.75, 3.05) is 26.2 Å². The van der Waals surface area contributed by atoms with Gasteiger partial charge in [0.05, 0.1) is 0 Å². The van der Waals surface area contributed by atoms with E-state index in [0.29, 0.717) is 6.54 Å². The molecule has 0 bridgehead atoms. The predicted octanol–water partition coefficient (Wildman–Crippen LogP) is 1.29. The minimum atomic E-state index is -0.383. The molecule has 0 saturated carbocycles. The molecule has 0 aliphatic carbocycles. The molecule has 25 heavy (non-hydrogen) atoms. The Kier molecular flexibility index (Phi) is 5.60. The van der Waals surface area contributed by atoms with Crippen molar-refractivity contribution >= 4 is 5.91 Å². The van der Waals surface area contributed by atoms with Gasteiger partial charge in [0.15, 0.2) is 0 Å². The Bertz CT molecular complexity index is 787. The van der Waals surface area contributed by atoms with Gasteiger partial charge in [-0.1, -0.05) is 24.3 Å². The van der Waals surface area contributed by atoms with E-state index < -0.39 is 0 Å². The minimum Gasteiger partial charge on any atom is -0.340 e. The third-order valence-corrected chi connectivity index (χ3v) is 4.68. The summed E-state index contributed by atoms with van der Waals surface area (Å²) in [6.07, 6.45) is 3.99. The minimum absolute atomic E-state index is 0.0205. The maximum Gasteiger partial charge on any atom is 0.347 e. The van der Waals surface area contributed by atoms with Crippen molar-refractivity contribution in [3.05, 3.63) is 64.3 Å². The van der Waals surface area contributed by atoms with Crippen molar-refractivity contribution in [3.63, 3.8) is 0 Å². The van der Waals surface area contributed by atoms with Crippen LogP contribution in [0.3, 0.4) is 0 Å². The van der Waals surface area contributed by atoms with E-state index in [2.05, 4.69) is 41.1 Å². The maximum absolute atomic E-state index is 12.5. The van der Waals surface area contributed by atoms with Gasteiger partial charge < -0.3 is 4.90 Å². The van der Waals surface area contributed by atoms with Crippen LogP contribution in [0.5, 0.6) is 0 Å². The van der Waals surface area contributed by atoms with Gasteiger partial charge in [-0.05, 0) is 30.5 Å². The average molecular weight is 340 g/mol. The summed E-state index contributed by atoms with van der Waals surface area (Å²) in [5.74, 6) is -0.0205. The highest BCUT2D eigenvalue weighted by Gasteiger charge is 2.20. The standard InChI is InChI=1S/C19H24N4O2/c1-16-6-2-3-7-17(16)14-21-9-5-11-22(13-12-21)18(24)15-23-10-4-8-20-19(23)25/h2-4,6-8,10H,5,9,11-15H2,1H3. The zero-order valence-corrected chi connectivity index (χ0v) is 14.6. The normalized spacial score (nSPS) is 15.8. The van der Waals surface area contributed by atoms with E-state index in [9.17, 15) is 9.59 Å². The zero-order valence-electron chi connectivity index (χ0n) is 14.6. The van der Waals surface area contributed by atoms with Crippen LogP contribution in [0, 0.1) is 6.92 Å². The Morgan fingerprint density at radius 3 is 2.76 bits per heavy atom. The number of aromatic nitrogens is 2. The summed E-state index contributed by atoms with van der Waals surface area (Å²) in [7, 11) is 0. The molecule has 0 N–H and O–H groups in total. The number of nitrogens with zero attached hydrogens (tertiary/aromatic N) is 4. The van der Waals surface area contributed by atoms with E-state index in [1.54, 1.807) is 12.3 Å². The monoisotopic (exact) mass is 340 g/mol. The first-order chi connectivity index (χ1) is 12.1. The third kappa shape index (κ3) is 4.54. The van der Waals surface area contributed by atoms with Gasteiger partial charge in [0.2, 0.25) is 5.91 Å². The molecule has 1 aliphatic rings. The number of carbonyl (C=O) groups is 1. The molecule has 1 aromatic carbocycles. The van der Waals surface area contributed by atoms with Crippen LogP contribution in [0.1, 0.15) is 17.5 Å². The molecule has 6 heteroatoms. The average Bonchev–Trinajstić information content (AvgIpc) is 2.85. The maximum atomic E-state index is 12.5. The fourth-order valence-electron chi connectivity index (χ4n) is 3.16. The van der Waals surface area contributed by atoms with Crippen LogP contribution in [0.15, 0.2) is 47.5 Å². The van der Waals surface area contributed by atoms with Gasteiger partial charge in [-0.15, -0.1) is 0 Å². The summed E-state index contributed by atoms with van der Waals surface area (Å²) >= 11 is 0. The number of rotatable bonds is 4. The van der Waals surface area contributed by atoms with Crippen LogP contribution in [-0.4, -0.2) is 51.4 Å². The van der Waals surface area contributed by atoms with Gasteiger partial charge in [0.1, 0.15) is 6.54 Å². The van der Waals surface area contributed by atoms with Crippen molar-refractivity contribution < 1.29 is 4.79 Å². The van der Waals surface area contributed by atoms with E-state index in [1.807, 2.05) is 4.90 Å². The number of hydrogen-bond donors (Lipinski definition) is 0. The molecule has 3 rings (SSSR count). The van der Waals surface area contributed by atoms with Gasteiger partial charge in [-0.25, -0.2) is 9.78 Å². The predicted molar refractivity (Wildman–Crippen MR) is 96.2 cm³/mol. The van der Waals surface area contributed by atoms with Gasteiger partial charge in [0, 0.05) is 45.1 Å². The molecule has 132 valence electrons. The van der Waals surface area contributed by atoms with Gasteiger partial charge >= 0.3 is 5.69 Å². The van der Waals surface area contributed by atoms with E-state index in [4.69, 9.17) is 0 Å². The molecule has 0 unspecified atom stereocenters. The molecular weight excluding hydrogens is 316 g/mol. The van der Waals surface area contributed by atoms with E-state index >= 15 is 0 Å². The lowest BCUT2D eigenvalue weighted by atomic mass is 10.1. The summed E-state index contributed by atoms with van der Waals surface area (Å²) in [6.45, 7) is 6.36. The number of aryl methyl sites for hydroxylation is 1. The fourth-order valence-corrected chi connectivity index (χ4v) is 3.16. The number of carbonyl (C=O) groups excluding carboxylic acids is 1. The first-order valence-corrected chi connectivity index (χ1v) is 8.69. The van der Waals surface area contributed by atoms with Crippen LogP contribution in [-0.2, 0) is 17.9 Å². The largest absolute Gasteiger partial charge is 0.347 e. The van der Waals surface area contributed by atoms with Crippen LogP contribution in [0.4, 0.5) is 0 Å². The van der Waals surface area contributed by atoms with Crippen molar-refractivity contribution in [2.24, 2.45) is 0 Å². The third-order valence-electron chi connectivity index (χ3n) is 4.68. The molecule has 2 heterocycles. The Labute approximate surface area is 147 Å². The molecule has 6 nitrogen and oxygen atoms in total. The van der Waals surface area contributed by atoms with Gasteiger partial charge in [-0.2, -0.15) is 0 Å². The summed E-state index contributed by atoms with van der Waals surface area (Å²) in [5.41, 5.74) is 2.26. The molecule has 2 aromatic rings. The summed E-state index contributed by atoms with van der Waals surface area (Å²) in [5, 5.41) is 0. The van der Waals surface area contributed by atoms with Crippen molar-refractivity contribution in [3.8, 4) is 0 Å². The Morgan fingerprint density at radius 1 is 1.12 bits per heavy atom. The van der Waals surface area contributed by atoms with Crippen LogP contribution < -0.4 is 5.69 Å². The molecular formula is C19H24N4O2. The van der Waals surface area contributed by atoms with E-state index in [0.717, 1.165) is 32.6 Å². The van der Waals surface area contributed by atoms with Crippen molar-refractivity contribution in [1.29, 1.82) is 0 Å². The highest BCUT2D eigenvalue weighted by atomic mass is 16.2. The second kappa shape index (κ2) is 8.07. The molecule has 0 spiro atoms. The fraction of sp³-hybridized carbons (Fsp3) is 0.421. The van der Waals surface area contributed by atoms with Crippen molar-refractivity contribution in [1.82, 2.24) is 19.4 Å². The second-order valence-electron chi connectivity index (χ2n) is 6.47. The Balaban J connectivity index is 1.58. The van der Waals surface area contributed by atoms with Crippen molar-refractivity contribution in [2.45, 2.75) is 26.4 Å². The van der Waals surface area contributed by atoms with Crippen LogP contribution >= 0.6 is 0 Å². The zero-order chi connectivity index (χ0) is 17.6. The van der Waals surface area contributed by atoms with Gasteiger partial charge in [-0.3, -0.25) is 14.3 Å². The van der Waals surface area contributed by atoms with E-state index in [1.165, 1.54) is 21.9 Å². The lowest BCUT2D eigenvalue weighted by molar-refractivity contribution is -0.131. The SMILES string of the molecule is Cc1ccccc1CN1CCCN(C(=O)Cn2cccnc2=O)CC1. The summed E-state index contributed by atoms with van der Waals surface area (Å²) < 4.78 is 1.36. The molecule has 1 amide bonds. The molecule has 1 fully saturated rings. The first-order valence-electron chi connectivity index (χ1n) is 8.69. The molecule has 0 atom stereocenters. The number of amides is 1. The molecule has 0 radical (unpaired) electrons. The molecule has 1 aromatic heterocycles. The summed E-state index contributed by atoms with van der Waals surface area (Å²) in [4.78, 5) is 32.1. The molecule has 1 saturated heterocycles. The smallest absolute Gasteiger partial charge is 0.340 e. The summed E-state index contributed by atoms with van der Waals surface area (Å²) in [6, 6.07) is 10.1. The Morgan fingerprint density at radius 2 is 1.96 bits per heavy atom. The number of hydrogen-bond acceptors (Lipinski definition) is 4. The first kappa shape index (κ1) is 17.4. The highest BCUT2D eigenvalue weighted by Crippen LogP contribution is 2.13. The topological polar surface area (TPSA) is 58.4 Å². The van der Waals surface area contributed by atoms with Gasteiger partial charge in [0.25, 0.3) is 0 Å². The van der Waals surface area contributed by atoms with E-state index in [-0.39, 0.29) is 18.1 Å². The molecule has 1 aliphatic heterocycles. The lowest BCUT2D eigenvalue weighted by Gasteiger charge is -2.22. The quantitative estimate of drug-likeness (QED) is 0.841.